The van der Waals surface area contributed by atoms with Gasteiger partial charge >= 0.3 is 5.97 Å². The Bertz CT molecular complexity index is 460. The molecular formula is C12H11NO3. The van der Waals surface area contributed by atoms with Crippen LogP contribution in [0.5, 0.6) is 0 Å². The first kappa shape index (κ1) is 10.4. The van der Waals surface area contributed by atoms with E-state index in [1.165, 1.54) is 6.39 Å². The Kier molecular flexibility index (Phi) is 3.00. The molecule has 1 aromatic heterocycles. The fourth-order valence-electron chi connectivity index (χ4n) is 1.45. The molecule has 16 heavy (non-hydrogen) atoms. The Hall–Kier alpha value is -2.10. The van der Waals surface area contributed by atoms with Crippen LogP contribution in [-0.2, 0) is 11.2 Å². The smallest absolute Gasteiger partial charge is 0.303 e. The van der Waals surface area contributed by atoms with Crippen LogP contribution < -0.4 is 0 Å². The molecule has 0 saturated heterocycles. The summed E-state index contributed by atoms with van der Waals surface area (Å²) in [5.74, 6) is -0.0657. The van der Waals surface area contributed by atoms with Crippen molar-refractivity contribution >= 4 is 5.97 Å². The summed E-state index contributed by atoms with van der Waals surface area (Å²) in [6.45, 7) is 0. The summed E-state index contributed by atoms with van der Waals surface area (Å²) in [7, 11) is 0. The third kappa shape index (κ3) is 2.48. The van der Waals surface area contributed by atoms with Crippen LogP contribution in [0.4, 0.5) is 0 Å². The lowest BCUT2D eigenvalue weighted by Crippen LogP contribution is -1.97. The monoisotopic (exact) mass is 217 g/mol. The predicted octanol–water partition coefficient (Wildman–Crippen LogP) is 2.36. The summed E-state index contributed by atoms with van der Waals surface area (Å²) < 4.78 is 5.15. The highest BCUT2D eigenvalue weighted by molar-refractivity contribution is 5.67. The van der Waals surface area contributed by atoms with Crippen molar-refractivity contribution in [2.45, 2.75) is 12.8 Å². The molecule has 1 aromatic carbocycles. The molecule has 1 heterocycles. The number of aliphatic carboxylic acids is 1. The van der Waals surface area contributed by atoms with Gasteiger partial charge in [0.1, 0.15) is 0 Å². The van der Waals surface area contributed by atoms with Gasteiger partial charge in [-0.25, -0.2) is 4.98 Å². The molecule has 0 spiro atoms. The molecule has 0 unspecified atom stereocenters. The minimum absolute atomic E-state index is 0.154. The largest absolute Gasteiger partial charge is 0.481 e. The number of hydrogen-bond donors (Lipinski definition) is 1. The van der Waals surface area contributed by atoms with E-state index in [-0.39, 0.29) is 6.42 Å². The number of hydrogen-bond acceptors (Lipinski definition) is 3. The first-order chi connectivity index (χ1) is 7.75. The second-order valence-electron chi connectivity index (χ2n) is 3.46. The normalized spacial score (nSPS) is 10.2. The summed E-state index contributed by atoms with van der Waals surface area (Å²) in [5.41, 5.74) is 1.95. The molecule has 0 aliphatic carbocycles. The second kappa shape index (κ2) is 4.61. The van der Waals surface area contributed by atoms with Crippen LogP contribution in [-0.4, -0.2) is 16.1 Å². The van der Waals surface area contributed by atoms with Crippen LogP contribution in [0.3, 0.4) is 0 Å². The summed E-state index contributed by atoms with van der Waals surface area (Å²) in [5, 5.41) is 8.56. The topological polar surface area (TPSA) is 63.3 Å². The van der Waals surface area contributed by atoms with E-state index in [1.807, 2.05) is 24.3 Å². The van der Waals surface area contributed by atoms with Crippen molar-refractivity contribution in [2.24, 2.45) is 0 Å². The van der Waals surface area contributed by atoms with Crippen molar-refractivity contribution in [1.29, 1.82) is 0 Å². The zero-order valence-electron chi connectivity index (χ0n) is 8.59. The van der Waals surface area contributed by atoms with Crippen molar-refractivity contribution in [3.8, 4) is 11.3 Å². The summed E-state index contributed by atoms with van der Waals surface area (Å²) >= 11 is 0. The molecule has 0 aliphatic heterocycles. The van der Waals surface area contributed by atoms with Gasteiger partial charge in [0.25, 0.3) is 0 Å². The van der Waals surface area contributed by atoms with Crippen molar-refractivity contribution in [3.63, 3.8) is 0 Å². The number of nitrogens with zero attached hydrogens (tertiary/aromatic N) is 1. The first-order valence-corrected chi connectivity index (χ1v) is 4.95. The van der Waals surface area contributed by atoms with Gasteiger partial charge in [-0.1, -0.05) is 24.3 Å². The van der Waals surface area contributed by atoms with Gasteiger partial charge in [-0.3, -0.25) is 4.79 Å². The quantitative estimate of drug-likeness (QED) is 0.853. The SMILES string of the molecule is O=C(O)CCc1ccc(-c2cnco2)cc1. The Labute approximate surface area is 92.6 Å². The Balaban J connectivity index is 2.08. The minimum Gasteiger partial charge on any atom is -0.481 e. The molecule has 4 nitrogen and oxygen atoms in total. The molecule has 0 atom stereocenters. The molecule has 2 rings (SSSR count). The molecular weight excluding hydrogens is 206 g/mol. The summed E-state index contributed by atoms with van der Waals surface area (Å²) in [4.78, 5) is 14.2. The van der Waals surface area contributed by atoms with Gasteiger partial charge in [-0.05, 0) is 12.0 Å². The van der Waals surface area contributed by atoms with E-state index in [1.54, 1.807) is 6.20 Å². The van der Waals surface area contributed by atoms with Crippen LogP contribution >= 0.6 is 0 Å². The van der Waals surface area contributed by atoms with Gasteiger partial charge in [0.05, 0.1) is 6.20 Å². The molecule has 0 amide bonds. The zero-order chi connectivity index (χ0) is 11.4. The molecule has 0 aliphatic rings. The van der Waals surface area contributed by atoms with E-state index in [9.17, 15) is 4.79 Å². The van der Waals surface area contributed by atoms with Crippen molar-refractivity contribution in [1.82, 2.24) is 4.98 Å². The average molecular weight is 217 g/mol. The number of oxazole rings is 1. The minimum atomic E-state index is -0.778. The van der Waals surface area contributed by atoms with E-state index < -0.39 is 5.97 Å². The van der Waals surface area contributed by atoms with Crippen LogP contribution in [0, 0.1) is 0 Å². The summed E-state index contributed by atoms with van der Waals surface area (Å²) in [6.07, 6.45) is 3.73. The Morgan fingerprint density at radius 1 is 1.31 bits per heavy atom. The van der Waals surface area contributed by atoms with Crippen molar-refractivity contribution in [2.75, 3.05) is 0 Å². The zero-order valence-corrected chi connectivity index (χ0v) is 8.59. The fourth-order valence-corrected chi connectivity index (χ4v) is 1.45. The lowest BCUT2D eigenvalue weighted by molar-refractivity contribution is -0.136. The third-order valence-electron chi connectivity index (χ3n) is 2.30. The van der Waals surface area contributed by atoms with E-state index in [2.05, 4.69) is 4.98 Å². The van der Waals surface area contributed by atoms with Gasteiger partial charge < -0.3 is 9.52 Å². The van der Waals surface area contributed by atoms with E-state index in [0.717, 1.165) is 11.1 Å². The molecule has 0 fully saturated rings. The molecule has 0 radical (unpaired) electrons. The van der Waals surface area contributed by atoms with Crippen LogP contribution in [0.1, 0.15) is 12.0 Å². The predicted molar refractivity (Wildman–Crippen MR) is 57.9 cm³/mol. The van der Waals surface area contributed by atoms with Crippen molar-refractivity contribution in [3.05, 3.63) is 42.4 Å². The second-order valence-corrected chi connectivity index (χ2v) is 3.46. The highest BCUT2D eigenvalue weighted by atomic mass is 16.4. The molecule has 0 bridgehead atoms. The number of carboxylic acid groups (broad SMARTS) is 1. The van der Waals surface area contributed by atoms with Gasteiger partial charge in [-0.2, -0.15) is 0 Å². The molecule has 4 heteroatoms. The number of aryl methyl sites for hydroxylation is 1. The third-order valence-corrected chi connectivity index (χ3v) is 2.30. The maximum atomic E-state index is 10.4. The average Bonchev–Trinajstić information content (AvgIpc) is 2.80. The van der Waals surface area contributed by atoms with Gasteiger partial charge in [0.15, 0.2) is 12.2 Å². The maximum Gasteiger partial charge on any atom is 0.303 e. The number of carboxylic acids is 1. The number of aromatic nitrogens is 1. The summed E-state index contributed by atoms with van der Waals surface area (Å²) in [6, 6.07) is 7.61. The fraction of sp³-hybridized carbons (Fsp3) is 0.167. The highest BCUT2D eigenvalue weighted by Gasteiger charge is 2.02. The molecule has 82 valence electrons. The number of carbonyl (C=O) groups is 1. The van der Waals surface area contributed by atoms with E-state index in [4.69, 9.17) is 9.52 Å². The van der Waals surface area contributed by atoms with Crippen LogP contribution in [0.25, 0.3) is 11.3 Å². The van der Waals surface area contributed by atoms with E-state index in [0.29, 0.717) is 12.2 Å². The van der Waals surface area contributed by atoms with Gasteiger partial charge in [0, 0.05) is 12.0 Å². The standard InChI is InChI=1S/C12H11NO3/c14-12(15)6-3-9-1-4-10(5-2-9)11-7-13-8-16-11/h1-2,4-5,7-8H,3,6H2,(H,14,15). The molecule has 1 N–H and O–H groups in total. The molecule has 2 aromatic rings. The number of rotatable bonds is 4. The Morgan fingerprint density at radius 2 is 2.06 bits per heavy atom. The lowest BCUT2D eigenvalue weighted by Gasteiger charge is -2.00. The van der Waals surface area contributed by atoms with Gasteiger partial charge in [-0.15, -0.1) is 0 Å². The Morgan fingerprint density at radius 3 is 2.62 bits per heavy atom. The number of benzene rings is 1. The van der Waals surface area contributed by atoms with Crippen LogP contribution in [0.15, 0.2) is 41.3 Å². The first-order valence-electron chi connectivity index (χ1n) is 4.95. The van der Waals surface area contributed by atoms with Crippen molar-refractivity contribution < 1.29 is 14.3 Å². The molecule has 0 saturated carbocycles. The van der Waals surface area contributed by atoms with Crippen LogP contribution in [0.2, 0.25) is 0 Å². The maximum absolute atomic E-state index is 10.4. The highest BCUT2D eigenvalue weighted by Crippen LogP contribution is 2.19. The van der Waals surface area contributed by atoms with E-state index >= 15 is 0 Å². The lowest BCUT2D eigenvalue weighted by atomic mass is 10.1. The van der Waals surface area contributed by atoms with Gasteiger partial charge in [0.2, 0.25) is 0 Å².